The first-order chi connectivity index (χ1) is 23.7. The third-order valence-corrected chi connectivity index (χ3v) is 13.3. The number of carbonyl (C=O) groups excluding carboxylic acids is 4. The van der Waals surface area contributed by atoms with E-state index in [0.717, 1.165) is 11.1 Å². The second-order valence-electron chi connectivity index (χ2n) is 15.9. The number of amides is 3. The van der Waals surface area contributed by atoms with Gasteiger partial charge in [0.05, 0.1) is 5.69 Å². The number of aromatic nitrogens is 1. The molecule has 0 spiro atoms. The summed E-state index contributed by atoms with van der Waals surface area (Å²) in [6.07, 6.45) is 3.64. The maximum atomic E-state index is 14.2. The lowest BCUT2D eigenvalue weighted by Crippen LogP contribution is -2.62. The van der Waals surface area contributed by atoms with Gasteiger partial charge < -0.3 is 24.5 Å². The van der Waals surface area contributed by atoms with Crippen LogP contribution in [0.5, 0.6) is 5.75 Å². The van der Waals surface area contributed by atoms with Gasteiger partial charge in [-0.15, -0.1) is 0 Å². The molecule has 0 bridgehead atoms. The number of hydrogen-bond acceptors (Lipinski definition) is 9. The Kier molecular flexibility index (Phi) is 14.0. The second kappa shape index (κ2) is 17.3. The van der Waals surface area contributed by atoms with Crippen LogP contribution in [0.25, 0.3) is 6.08 Å². The summed E-state index contributed by atoms with van der Waals surface area (Å²) in [6, 6.07) is 8.29. The first-order valence-electron chi connectivity index (χ1n) is 17.6. The van der Waals surface area contributed by atoms with Gasteiger partial charge in [-0.2, -0.15) is 0 Å². The fourth-order valence-electron chi connectivity index (χ4n) is 5.10. The molecule has 3 N–H and O–H groups in total. The number of alkyl carbamates (subject to hydrolysis) is 1. The molecule has 1 aliphatic rings. The van der Waals surface area contributed by atoms with E-state index >= 15 is 0 Å². The number of hydrogen-bond donors (Lipinski definition) is 3. The molecule has 0 saturated carbocycles. The first kappa shape index (κ1) is 41.2. The lowest BCUT2D eigenvalue weighted by Gasteiger charge is -2.36. The third-order valence-electron chi connectivity index (χ3n) is 8.93. The lowest BCUT2D eigenvalue weighted by molar-refractivity contribution is -0.154. The van der Waals surface area contributed by atoms with E-state index in [1.807, 2.05) is 24.3 Å². The summed E-state index contributed by atoms with van der Waals surface area (Å²) in [4.78, 5) is 58.0. The molecule has 3 rings (SSSR count). The molecule has 3 atom stereocenters. The fourth-order valence-corrected chi connectivity index (χ4v) is 6.13. The molecule has 3 amide bonds. The fraction of sp³-hybridized carbons (Fsp3) is 0.553. The lowest BCUT2D eigenvalue weighted by atomic mass is 10.0. The molecule has 280 valence electrons. The van der Waals surface area contributed by atoms with E-state index in [9.17, 15) is 19.2 Å². The van der Waals surface area contributed by atoms with E-state index < -0.39 is 55.9 Å². The maximum Gasteiger partial charge on any atom is 0.408 e. The van der Waals surface area contributed by atoms with Gasteiger partial charge in [0.25, 0.3) is 5.91 Å². The van der Waals surface area contributed by atoms with Crippen molar-refractivity contribution in [1.82, 2.24) is 26.1 Å². The highest BCUT2D eigenvalue weighted by molar-refractivity contribution is 6.74. The van der Waals surface area contributed by atoms with Crippen LogP contribution in [0.3, 0.4) is 0 Å². The largest absolute Gasteiger partial charge is 0.543 e. The maximum absolute atomic E-state index is 14.2. The second-order valence-corrected chi connectivity index (χ2v) is 20.6. The highest BCUT2D eigenvalue weighted by Gasteiger charge is 2.39. The number of carbonyl (C=O) groups is 4. The Morgan fingerprint density at radius 1 is 1.06 bits per heavy atom. The van der Waals surface area contributed by atoms with E-state index in [1.165, 1.54) is 5.01 Å². The standard InChI is InChI=1S/C38H57N5O7Si/c1-12-28-21-27(18-19-39-28)24-48-35(46)30-17-14-20-43(42-30)34(45)31(40-33(44)32(25(2)3)41-36(47)49-37(4,5)6)23-26-15-13-16-29(22-26)50-51(10,11)38(7,8)9/h12-13,15-16,18-19,21-22,25,30-32,42H,1,14,17,20,23-24H2,2-11H3,(H,40,44)(H,41,47)/t30-,31-,32-/m0/s1. The van der Waals surface area contributed by atoms with Gasteiger partial charge in [-0.3, -0.25) is 24.4 Å². The van der Waals surface area contributed by atoms with Crippen molar-refractivity contribution in [3.05, 3.63) is 66.0 Å². The van der Waals surface area contributed by atoms with E-state index in [4.69, 9.17) is 13.9 Å². The Bertz CT molecular complexity index is 1550. The number of rotatable bonds is 13. The predicted molar refractivity (Wildman–Crippen MR) is 200 cm³/mol. The van der Waals surface area contributed by atoms with Gasteiger partial charge in [0.2, 0.25) is 14.2 Å². The number of nitrogens with one attached hydrogen (secondary N) is 3. The number of pyridine rings is 1. The minimum atomic E-state index is -2.15. The molecule has 2 heterocycles. The molecule has 2 aromatic rings. The Hall–Kier alpha value is -4.23. The van der Waals surface area contributed by atoms with E-state index in [0.29, 0.717) is 30.8 Å². The molecule has 1 saturated heterocycles. The Balaban J connectivity index is 1.84. The van der Waals surface area contributed by atoms with Crippen molar-refractivity contribution in [1.29, 1.82) is 0 Å². The number of ether oxygens (including phenoxy) is 2. The van der Waals surface area contributed by atoms with E-state index in [1.54, 1.807) is 59.0 Å². The number of nitrogens with zero attached hydrogens (tertiary/aromatic N) is 2. The Morgan fingerprint density at radius 2 is 1.76 bits per heavy atom. The summed E-state index contributed by atoms with van der Waals surface area (Å²) in [6.45, 7) is 23.7. The molecule has 1 aliphatic heterocycles. The van der Waals surface area contributed by atoms with Crippen molar-refractivity contribution in [3.63, 3.8) is 0 Å². The van der Waals surface area contributed by atoms with Crippen LogP contribution >= 0.6 is 0 Å². The summed E-state index contributed by atoms with van der Waals surface area (Å²) >= 11 is 0. The molecule has 0 aliphatic carbocycles. The number of benzene rings is 1. The highest BCUT2D eigenvalue weighted by atomic mass is 28.4. The van der Waals surface area contributed by atoms with Crippen molar-refractivity contribution >= 4 is 38.3 Å². The normalized spacial score (nSPS) is 16.5. The van der Waals surface area contributed by atoms with Gasteiger partial charge >= 0.3 is 12.1 Å². The van der Waals surface area contributed by atoms with Gasteiger partial charge in [0.1, 0.15) is 36.1 Å². The van der Waals surface area contributed by atoms with Crippen LogP contribution in [-0.2, 0) is 36.9 Å². The van der Waals surface area contributed by atoms with Gasteiger partial charge in [-0.25, -0.2) is 10.2 Å². The molecule has 1 aromatic carbocycles. The van der Waals surface area contributed by atoms with Crippen LogP contribution in [0.1, 0.15) is 85.1 Å². The van der Waals surface area contributed by atoms with Crippen molar-refractivity contribution in [2.75, 3.05) is 6.54 Å². The minimum absolute atomic E-state index is 0.0209. The molecule has 1 fully saturated rings. The van der Waals surface area contributed by atoms with Gasteiger partial charge in [0.15, 0.2) is 0 Å². The van der Waals surface area contributed by atoms with Gasteiger partial charge in [-0.05, 0) is 99.1 Å². The first-order valence-corrected chi connectivity index (χ1v) is 20.5. The topological polar surface area (TPSA) is 148 Å². The van der Waals surface area contributed by atoms with E-state index in [-0.39, 0.29) is 24.0 Å². The molecule has 1 aromatic heterocycles. The molecule has 13 heteroatoms. The zero-order valence-corrected chi connectivity index (χ0v) is 32.9. The summed E-state index contributed by atoms with van der Waals surface area (Å²) in [5.74, 6) is -1.09. The van der Waals surface area contributed by atoms with Crippen LogP contribution in [0.15, 0.2) is 49.2 Å². The molecule has 51 heavy (non-hydrogen) atoms. The SMILES string of the molecule is C=Cc1cc(COC(=O)[C@@H]2CCCN(C(=O)[C@H](Cc3cccc(O[Si](C)(C)C(C)(C)C)c3)NC(=O)[C@@H](NC(=O)OC(C)(C)C)C(C)C)N2)ccn1. The van der Waals surface area contributed by atoms with Crippen molar-refractivity contribution in [2.45, 2.75) is 123 Å². The molecule has 0 unspecified atom stereocenters. The van der Waals surface area contributed by atoms with Crippen LogP contribution in [-0.4, -0.2) is 72.5 Å². The minimum Gasteiger partial charge on any atom is -0.543 e. The van der Waals surface area contributed by atoms with Crippen molar-refractivity contribution < 1.29 is 33.1 Å². The van der Waals surface area contributed by atoms with Crippen LogP contribution in [0.4, 0.5) is 4.79 Å². The zero-order valence-electron chi connectivity index (χ0n) is 31.9. The summed E-state index contributed by atoms with van der Waals surface area (Å²) in [5.41, 5.74) is 4.48. The average Bonchev–Trinajstić information content (AvgIpc) is 3.04. The Labute approximate surface area is 304 Å². The Morgan fingerprint density at radius 3 is 2.39 bits per heavy atom. The summed E-state index contributed by atoms with van der Waals surface area (Å²) < 4.78 is 17.5. The van der Waals surface area contributed by atoms with Gasteiger partial charge in [0, 0.05) is 19.2 Å². The smallest absolute Gasteiger partial charge is 0.408 e. The quantitative estimate of drug-likeness (QED) is 0.169. The summed E-state index contributed by atoms with van der Waals surface area (Å²) in [7, 11) is -2.15. The monoisotopic (exact) mass is 723 g/mol. The van der Waals surface area contributed by atoms with E-state index in [2.05, 4.69) is 61.5 Å². The van der Waals surface area contributed by atoms with Crippen LogP contribution < -0.4 is 20.5 Å². The number of esters is 1. The average molecular weight is 724 g/mol. The van der Waals surface area contributed by atoms with Crippen LogP contribution in [0.2, 0.25) is 18.1 Å². The highest BCUT2D eigenvalue weighted by Crippen LogP contribution is 2.37. The molecular formula is C38H57N5O7Si. The molecule has 12 nitrogen and oxygen atoms in total. The molecule has 0 radical (unpaired) electrons. The van der Waals surface area contributed by atoms with Gasteiger partial charge in [-0.1, -0.05) is 53.3 Å². The molecular weight excluding hydrogens is 667 g/mol. The summed E-state index contributed by atoms with van der Waals surface area (Å²) in [5, 5.41) is 6.93. The zero-order chi connectivity index (χ0) is 38.1. The van der Waals surface area contributed by atoms with Crippen molar-refractivity contribution in [3.8, 4) is 5.75 Å². The number of hydrazine groups is 1. The van der Waals surface area contributed by atoms with Crippen LogP contribution in [0, 0.1) is 5.92 Å². The predicted octanol–water partition coefficient (Wildman–Crippen LogP) is 5.92. The van der Waals surface area contributed by atoms with Crippen molar-refractivity contribution in [2.24, 2.45) is 5.92 Å². The third kappa shape index (κ3) is 12.5.